The van der Waals surface area contributed by atoms with E-state index in [9.17, 15) is 10.1 Å². The second-order valence-corrected chi connectivity index (χ2v) is 10.8. The number of fused-ring (bicyclic) bond motifs is 3. The van der Waals surface area contributed by atoms with Gasteiger partial charge in [-0.3, -0.25) is 10.1 Å². The van der Waals surface area contributed by atoms with Gasteiger partial charge in [-0.1, -0.05) is 68.6 Å². The molecular weight excluding hydrogens is 550 g/mol. The highest BCUT2D eigenvalue weighted by Gasteiger charge is 2.27. The third kappa shape index (κ3) is 4.47. The van der Waals surface area contributed by atoms with Gasteiger partial charge in [0.15, 0.2) is 0 Å². The summed E-state index contributed by atoms with van der Waals surface area (Å²) in [5, 5.41) is 13.0. The average molecular weight is 558 g/mol. The molecule has 6 aromatic rings. The Labute approximate surface area is 282 Å². The van der Waals surface area contributed by atoms with Gasteiger partial charge in [-0.05, 0) is 39.6 Å². The fourth-order valence-electron chi connectivity index (χ4n) is 6.01. The van der Waals surface area contributed by atoms with Gasteiger partial charge in [0.05, 0.1) is 16.2 Å². The van der Waals surface area contributed by atoms with E-state index >= 15 is 0 Å². The third-order valence-electron chi connectivity index (χ3n) is 8.39. The van der Waals surface area contributed by atoms with Crippen LogP contribution >= 0.6 is 0 Å². The molecule has 0 aliphatic heterocycles. The number of hydrogen-bond acceptors (Lipinski definition) is 2. The third-order valence-corrected chi connectivity index (χ3v) is 8.39. The summed E-state index contributed by atoms with van der Waals surface area (Å²) >= 11 is 0. The van der Waals surface area contributed by atoms with Crippen LogP contribution in [0.25, 0.3) is 49.7 Å². The molecule has 0 amide bonds. The van der Waals surface area contributed by atoms with Crippen molar-refractivity contribution in [3.63, 3.8) is 0 Å². The molecular formula is C30H8B12N2O2. The maximum atomic E-state index is 12.4. The lowest BCUT2D eigenvalue weighted by Crippen LogP contribution is -2.56. The quantitative estimate of drug-likeness (QED) is 0.123. The predicted molar refractivity (Wildman–Crippen MR) is 203 cm³/mol. The lowest BCUT2D eigenvalue weighted by Gasteiger charge is -2.26. The molecule has 1 heterocycles. The smallest absolute Gasteiger partial charge is 0.279 e. The Morgan fingerprint density at radius 3 is 1.50 bits per heavy atom. The molecule has 0 N–H and O–H groups in total. The van der Waals surface area contributed by atoms with Crippen LogP contribution < -0.4 is 65.6 Å². The maximum Gasteiger partial charge on any atom is 0.279 e. The summed E-state index contributed by atoms with van der Waals surface area (Å²) in [5.74, 6) is 0. The van der Waals surface area contributed by atoms with Crippen LogP contribution in [0.3, 0.4) is 0 Å². The predicted octanol–water partition coefficient (Wildman–Crippen LogP) is -6.45. The summed E-state index contributed by atoms with van der Waals surface area (Å²) in [7, 11) is 77.2. The van der Waals surface area contributed by atoms with Crippen molar-refractivity contribution >= 4 is 187 Å². The highest BCUT2D eigenvalue weighted by molar-refractivity contribution is 6.72. The molecule has 0 unspecified atom stereocenters. The topological polar surface area (TPSA) is 48.1 Å². The number of benzene rings is 5. The van der Waals surface area contributed by atoms with Crippen LogP contribution in [0.15, 0.2) is 48.5 Å². The molecule has 0 atom stereocenters. The van der Waals surface area contributed by atoms with Crippen molar-refractivity contribution in [3.8, 4) is 27.9 Å². The van der Waals surface area contributed by atoms with Crippen molar-refractivity contribution in [2.24, 2.45) is 0 Å². The summed E-state index contributed by atoms with van der Waals surface area (Å²) in [6.07, 6.45) is 0. The summed E-state index contributed by atoms with van der Waals surface area (Å²) in [4.78, 5) is 11.9. The Hall–Kier alpha value is -3.92. The number of hydrogen-bond donors (Lipinski definition) is 0. The molecule has 0 saturated carbocycles. The molecule has 46 heavy (non-hydrogen) atoms. The van der Waals surface area contributed by atoms with E-state index < -0.39 is 4.92 Å². The number of nitro groups is 1. The van der Waals surface area contributed by atoms with Crippen LogP contribution in [-0.2, 0) is 0 Å². The normalized spacial score (nSPS) is 11.4. The minimum atomic E-state index is -0.494. The molecule has 0 bridgehead atoms. The van der Waals surface area contributed by atoms with Crippen molar-refractivity contribution < 1.29 is 4.92 Å². The fraction of sp³-hybridized carbons (Fsp3) is 0. The van der Waals surface area contributed by atoms with Gasteiger partial charge in [-0.2, -0.15) is 0 Å². The molecule has 5 aromatic carbocycles. The minimum Gasteiger partial charge on any atom is -0.310 e. The molecule has 0 aliphatic carbocycles. The zero-order valence-electron chi connectivity index (χ0n) is 24.3. The molecule has 1 aromatic heterocycles. The summed E-state index contributed by atoms with van der Waals surface area (Å²) < 4.78 is 1.55. The Kier molecular flexibility index (Phi) is 7.94. The minimum absolute atomic E-state index is 0.00129. The highest BCUT2D eigenvalue weighted by atomic mass is 16.6. The van der Waals surface area contributed by atoms with Gasteiger partial charge in [0.2, 0.25) is 0 Å². The standard InChI is InChI=1S/C30H8B12N2O2/c31-17-14(13-18(32)23(37)26(40)24(38)19(13)33)22(36)29-15(20(17)34)16-21(35)25(39)27(41)28(42)30(16)43(29)10-6-7-11(12(8-10)44(45)46)9-4-2-1-3-5-9/h1-8H. The van der Waals surface area contributed by atoms with Crippen molar-refractivity contribution in [3.05, 3.63) is 58.6 Å². The summed E-state index contributed by atoms with van der Waals surface area (Å²) in [6, 6.07) is 13.5. The van der Waals surface area contributed by atoms with E-state index in [0.29, 0.717) is 11.1 Å². The van der Waals surface area contributed by atoms with Gasteiger partial charge in [0, 0.05) is 17.1 Å². The van der Waals surface area contributed by atoms with Gasteiger partial charge >= 0.3 is 0 Å². The summed E-state index contributed by atoms with van der Waals surface area (Å²) in [6.45, 7) is 0. The van der Waals surface area contributed by atoms with Crippen molar-refractivity contribution in [1.29, 1.82) is 0 Å². The van der Waals surface area contributed by atoms with E-state index in [1.807, 2.05) is 6.07 Å². The number of rotatable bonds is 4. The van der Waals surface area contributed by atoms with Crippen LogP contribution in [0.5, 0.6) is 0 Å². The van der Waals surface area contributed by atoms with Crippen molar-refractivity contribution in [2.45, 2.75) is 0 Å². The largest absolute Gasteiger partial charge is 0.310 e. The van der Waals surface area contributed by atoms with Crippen LogP contribution in [0.4, 0.5) is 5.69 Å². The Balaban J connectivity index is 1.86. The molecule has 0 aliphatic rings. The molecule has 186 valence electrons. The molecule has 6 rings (SSSR count). The van der Waals surface area contributed by atoms with Crippen molar-refractivity contribution in [1.82, 2.24) is 4.57 Å². The first-order valence-corrected chi connectivity index (χ1v) is 13.6. The van der Waals surface area contributed by atoms with E-state index in [1.165, 1.54) is 6.07 Å². The average Bonchev–Trinajstić information content (AvgIpc) is 3.42. The first-order chi connectivity index (χ1) is 21.7. The molecule has 16 heteroatoms. The van der Waals surface area contributed by atoms with Crippen molar-refractivity contribution in [2.75, 3.05) is 0 Å². The molecule has 0 saturated heterocycles. The van der Waals surface area contributed by atoms with Gasteiger partial charge in [0.25, 0.3) is 5.69 Å². The van der Waals surface area contributed by atoms with Gasteiger partial charge < -0.3 is 4.57 Å². The SMILES string of the molecule is [B]c1c([B])c([B])c(-c2c([B])c([B])c3c4c([B])c([B])c([B])c([B])c4n(-c4ccc(-c5ccccc5)c([N+](=O)[O-])c4)c3c2[B])c([B])c1[B]. The Bertz CT molecular complexity index is 2290. The molecule has 24 radical (unpaired) electrons. The van der Waals surface area contributed by atoms with Gasteiger partial charge in [-0.15, -0.1) is 27.3 Å². The van der Waals surface area contributed by atoms with Gasteiger partial charge in [-0.25, -0.2) is 0 Å². The molecule has 0 fully saturated rings. The zero-order valence-corrected chi connectivity index (χ0v) is 24.3. The lowest BCUT2D eigenvalue weighted by molar-refractivity contribution is -0.384. The summed E-state index contributed by atoms with van der Waals surface area (Å²) in [5.41, 5.74) is 1.51. The fourth-order valence-corrected chi connectivity index (χ4v) is 6.01. The second-order valence-electron chi connectivity index (χ2n) is 10.8. The van der Waals surface area contributed by atoms with Crippen LogP contribution in [0.1, 0.15) is 0 Å². The molecule has 0 spiro atoms. The monoisotopic (exact) mass is 560 g/mol. The highest BCUT2D eigenvalue weighted by Crippen LogP contribution is 2.35. The van der Waals surface area contributed by atoms with E-state index in [0.717, 1.165) is 0 Å². The van der Waals surface area contributed by atoms with E-state index in [1.54, 1.807) is 41.0 Å². The van der Waals surface area contributed by atoms with E-state index in [4.69, 9.17) is 94.2 Å². The second kappa shape index (κ2) is 11.4. The Morgan fingerprint density at radius 1 is 0.500 bits per heavy atom. The number of aromatic nitrogens is 1. The number of nitro benzene ring substituents is 1. The maximum absolute atomic E-state index is 12.4. The Morgan fingerprint density at radius 2 is 0.935 bits per heavy atom. The first kappa shape index (κ1) is 32.0. The van der Waals surface area contributed by atoms with E-state index in [-0.39, 0.29) is 110 Å². The van der Waals surface area contributed by atoms with Crippen LogP contribution in [-0.4, -0.2) is 104 Å². The van der Waals surface area contributed by atoms with Crippen LogP contribution in [0, 0.1) is 10.1 Å². The number of nitrogens with zero attached hydrogens (tertiary/aromatic N) is 2. The molecule has 4 nitrogen and oxygen atoms in total. The van der Waals surface area contributed by atoms with E-state index in [2.05, 4.69) is 0 Å². The lowest BCUT2D eigenvalue weighted by atomic mass is 9.57. The van der Waals surface area contributed by atoms with Crippen LogP contribution in [0.2, 0.25) is 0 Å². The first-order valence-electron chi connectivity index (χ1n) is 13.6. The van der Waals surface area contributed by atoms with Gasteiger partial charge in [0.1, 0.15) is 94.2 Å². The zero-order chi connectivity index (χ0) is 33.5.